The van der Waals surface area contributed by atoms with Crippen LogP contribution in [-0.4, -0.2) is 70.5 Å². The van der Waals surface area contributed by atoms with Crippen LogP contribution in [0.5, 0.6) is 0 Å². The van der Waals surface area contributed by atoms with E-state index in [1.165, 1.54) is 19.5 Å². The zero-order chi connectivity index (χ0) is 29.2. The fraction of sp³-hybridized carbons (Fsp3) is 0.724. The minimum atomic E-state index is -2.28. The Morgan fingerprint density at radius 1 is 1.15 bits per heavy atom. The lowest BCUT2D eigenvalue weighted by molar-refractivity contribution is -0.260. The summed E-state index contributed by atoms with van der Waals surface area (Å²) in [6, 6.07) is 1.75. The molecule has 2 bridgehead atoms. The molecule has 11 nitrogen and oxygen atoms in total. The molecule has 6 rings (SSSR count). The third-order valence-electron chi connectivity index (χ3n) is 11.1. The van der Waals surface area contributed by atoms with Gasteiger partial charge in [0.05, 0.1) is 26.1 Å². The van der Waals surface area contributed by atoms with Crippen LogP contribution in [-0.2, 0) is 38.1 Å². The predicted molar refractivity (Wildman–Crippen MR) is 133 cm³/mol. The average Bonchev–Trinajstić information content (AvgIpc) is 3.37. The van der Waals surface area contributed by atoms with Crippen LogP contribution in [0.15, 0.2) is 23.0 Å². The van der Waals surface area contributed by atoms with E-state index in [2.05, 4.69) is 0 Å². The molecule has 0 amide bonds. The van der Waals surface area contributed by atoms with Crippen LogP contribution in [0, 0.1) is 34.0 Å². The predicted octanol–water partition coefficient (Wildman–Crippen LogP) is 1.88. The summed E-state index contributed by atoms with van der Waals surface area (Å²) < 4.78 is 28.2. The molecule has 0 unspecified atom stereocenters. The number of epoxide rings is 1. The molecule has 3 aliphatic carbocycles. The third kappa shape index (κ3) is 3.01. The molecule has 2 N–H and O–H groups in total. The van der Waals surface area contributed by atoms with E-state index >= 15 is 0 Å². The summed E-state index contributed by atoms with van der Waals surface area (Å²) in [4.78, 5) is 52.7. The number of fused-ring (bicyclic) bond motifs is 5. The van der Waals surface area contributed by atoms with Crippen LogP contribution in [0.3, 0.4) is 0 Å². The minimum absolute atomic E-state index is 0.00987. The first-order chi connectivity index (χ1) is 18.6. The van der Waals surface area contributed by atoms with Gasteiger partial charge in [0.2, 0.25) is 0 Å². The van der Waals surface area contributed by atoms with Gasteiger partial charge in [0, 0.05) is 46.5 Å². The second-order valence-corrected chi connectivity index (χ2v) is 13.3. The molecule has 1 aromatic rings. The molecule has 1 aromatic heterocycles. The van der Waals surface area contributed by atoms with E-state index in [0.717, 1.165) is 7.11 Å². The molecule has 11 heteroatoms. The number of aliphatic hydroxyl groups is 2. The van der Waals surface area contributed by atoms with E-state index in [-0.39, 0.29) is 6.42 Å². The number of ether oxygens (including phenoxy) is 4. The standard InChI is InChI=1S/C29H36O11/c1-13(30)38-23-25(2,3)19(18(32)21(33)36-6)27(5)15-7-9-26(4)16(29(15)24(40-29)28(23,35)22(27)34)11-17(31)39-20(26)14-8-10-37-12-14/h8,10,12,15-16,18-20,23-24,32,35H,7,9,11H2,1-6H3/t15-,16-,18+,19-,20-,23+,24-,26-,27+,28+,29+/m0/s1. The van der Waals surface area contributed by atoms with Crippen LogP contribution < -0.4 is 0 Å². The van der Waals surface area contributed by atoms with Crippen molar-refractivity contribution in [2.24, 2.45) is 34.0 Å². The van der Waals surface area contributed by atoms with Gasteiger partial charge in [-0.2, -0.15) is 0 Å². The van der Waals surface area contributed by atoms with Crippen molar-refractivity contribution in [1.82, 2.24) is 0 Å². The largest absolute Gasteiger partial charge is 0.472 e. The first-order valence-corrected chi connectivity index (χ1v) is 13.7. The van der Waals surface area contributed by atoms with E-state index in [1.54, 1.807) is 26.8 Å². The number of cyclic esters (lactones) is 1. The molecule has 40 heavy (non-hydrogen) atoms. The Kier molecular flexibility index (Phi) is 5.60. The summed E-state index contributed by atoms with van der Waals surface area (Å²) >= 11 is 0. The van der Waals surface area contributed by atoms with Gasteiger partial charge in [-0.05, 0) is 18.9 Å². The number of hydrogen-bond acceptors (Lipinski definition) is 11. The summed E-state index contributed by atoms with van der Waals surface area (Å²) in [6.07, 6.45) is -0.893. The maximum Gasteiger partial charge on any atom is 0.335 e. The van der Waals surface area contributed by atoms with E-state index in [0.29, 0.717) is 18.4 Å². The van der Waals surface area contributed by atoms with Gasteiger partial charge in [-0.15, -0.1) is 0 Å². The van der Waals surface area contributed by atoms with Gasteiger partial charge in [-0.1, -0.05) is 27.7 Å². The highest BCUT2D eigenvalue weighted by Crippen LogP contribution is 2.78. The van der Waals surface area contributed by atoms with Crippen molar-refractivity contribution in [1.29, 1.82) is 0 Å². The van der Waals surface area contributed by atoms with E-state index in [1.807, 2.05) is 6.92 Å². The number of furan rings is 1. The van der Waals surface area contributed by atoms with Crippen molar-refractivity contribution in [3.8, 4) is 0 Å². The Balaban J connectivity index is 1.56. The number of carbonyl (C=O) groups is 4. The van der Waals surface area contributed by atoms with Gasteiger partial charge in [-0.25, -0.2) is 4.79 Å². The SMILES string of the molecule is COC(=O)[C@H](O)[C@H]1C(C)(C)[C@@H](OC(C)=O)[C@]2(O)C(=O)[C@]1(C)[C@@H]1CC[C@]3(C)[C@H](c4ccoc4)OC(=O)C[C@@H]3[C@]13O[C@@H]23. The van der Waals surface area contributed by atoms with E-state index in [4.69, 9.17) is 23.4 Å². The molecule has 218 valence electrons. The molecule has 5 fully saturated rings. The Morgan fingerprint density at radius 3 is 2.45 bits per heavy atom. The fourth-order valence-electron chi connectivity index (χ4n) is 9.80. The summed E-state index contributed by atoms with van der Waals surface area (Å²) in [5.74, 6) is -4.92. The van der Waals surface area contributed by atoms with Crippen LogP contribution in [0.25, 0.3) is 0 Å². The highest BCUT2D eigenvalue weighted by atomic mass is 16.6. The van der Waals surface area contributed by atoms with Crippen LogP contribution in [0.1, 0.15) is 65.5 Å². The molecular weight excluding hydrogens is 524 g/mol. The fourth-order valence-corrected chi connectivity index (χ4v) is 9.80. The number of rotatable bonds is 4. The smallest absolute Gasteiger partial charge is 0.335 e. The van der Waals surface area contributed by atoms with Crippen LogP contribution in [0.2, 0.25) is 0 Å². The summed E-state index contributed by atoms with van der Waals surface area (Å²) in [5, 5.41) is 23.8. The molecule has 2 saturated heterocycles. The number of methoxy groups -OCH3 is 1. The number of aliphatic hydroxyl groups excluding tert-OH is 1. The lowest BCUT2D eigenvalue weighted by Gasteiger charge is -2.67. The van der Waals surface area contributed by atoms with Crippen molar-refractivity contribution in [2.45, 2.75) is 89.5 Å². The van der Waals surface area contributed by atoms with Crippen LogP contribution >= 0.6 is 0 Å². The maximum atomic E-state index is 14.5. The summed E-state index contributed by atoms with van der Waals surface area (Å²) in [5.41, 5.74) is -6.16. The van der Waals surface area contributed by atoms with Gasteiger partial charge in [0.15, 0.2) is 17.5 Å². The Labute approximate surface area is 231 Å². The van der Waals surface area contributed by atoms with Crippen molar-refractivity contribution in [3.05, 3.63) is 24.2 Å². The topological polar surface area (TPSA) is 162 Å². The molecule has 1 spiro atoms. The molecular formula is C29H36O11. The maximum absolute atomic E-state index is 14.5. The minimum Gasteiger partial charge on any atom is -0.472 e. The summed E-state index contributed by atoms with van der Waals surface area (Å²) in [7, 11) is 1.14. The number of carbonyl (C=O) groups excluding carboxylic acids is 4. The zero-order valence-corrected chi connectivity index (χ0v) is 23.5. The van der Waals surface area contributed by atoms with E-state index < -0.39 is 93.3 Å². The first-order valence-electron chi connectivity index (χ1n) is 13.7. The third-order valence-corrected chi connectivity index (χ3v) is 11.1. The van der Waals surface area contributed by atoms with Crippen molar-refractivity contribution in [2.75, 3.05) is 7.11 Å². The highest BCUT2D eigenvalue weighted by molar-refractivity contribution is 5.99. The zero-order valence-electron chi connectivity index (χ0n) is 23.5. The molecule has 5 aliphatic rings. The van der Waals surface area contributed by atoms with Crippen LogP contribution in [0.4, 0.5) is 0 Å². The van der Waals surface area contributed by atoms with Gasteiger partial charge in [0.25, 0.3) is 0 Å². The molecule has 0 aromatic carbocycles. The first kappa shape index (κ1) is 27.4. The Morgan fingerprint density at radius 2 is 1.85 bits per heavy atom. The number of hydrogen-bond donors (Lipinski definition) is 2. The van der Waals surface area contributed by atoms with Crippen molar-refractivity contribution < 1.29 is 52.8 Å². The molecule has 0 radical (unpaired) electrons. The lowest BCUT2D eigenvalue weighted by atomic mass is 9.36. The number of Topliss-reactive ketones (excluding diaryl/α,β-unsaturated/α-hetero) is 1. The Hall–Kier alpha value is -2.76. The van der Waals surface area contributed by atoms with Crippen molar-refractivity contribution in [3.63, 3.8) is 0 Å². The highest BCUT2D eigenvalue weighted by Gasteiger charge is 2.91. The molecule has 2 aliphatic heterocycles. The van der Waals surface area contributed by atoms with Crippen molar-refractivity contribution >= 4 is 23.7 Å². The van der Waals surface area contributed by atoms with Gasteiger partial charge in [-0.3, -0.25) is 14.4 Å². The monoisotopic (exact) mass is 560 g/mol. The van der Waals surface area contributed by atoms with Gasteiger partial charge in [0.1, 0.15) is 23.9 Å². The lowest BCUT2D eigenvalue weighted by Crippen LogP contribution is -2.81. The average molecular weight is 561 g/mol. The van der Waals surface area contributed by atoms with E-state index in [9.17, 15) is 29.4 Å². The number of esters is 3. The normalized spacial score (nSPS) is 47.1. The molecule has 11 atom stereocenters. The second kappa shape index (κ2) is 8.17. The Bertz CT molecular complexity index is 1290. The summed E-state index contributed by atoms with van der Waals surface area (Å²) in [6.45, 7) is 8.18. The number of ketones is 1. The van der Waals surface area contributed by atoms with Gasteiger partial charge < -0.3 is 33.6 Å². The quantitative estimate of drug-likeness (QED) is 0.314. The molecule has 3 saturated carbocycles. The molecule has 3 heterocycles. The van der Waals surface area contributed by atoms with Gasteiger partial charge >= 0.3 is 17.9 Å². The second-order valence-electron chi connectivity index (χ2n) is 13.3.